The minimum atomic E-state index is 0.730. The number of nitrogens with zero attached hydrogens (tertiary/aromatic N) is 1. The van der Waals surface area contributed by atoms with Crippen molar-refractivity contribution < 1.29 is 0 Å². The molecule has 1 N–H and O–H groups in total. The molecular formula is C11H18N2S. The Morgan fingerprint density at radius 3 is 2.86 bits per heavy atom. The number of hydrogen-bond donors (Lipinski definition) is 1. The summed E-state index contributed by atoms with van der Waals surface area (Å²) >= 11 is 1.68. The third-order valence-corrected chi connectivity index (χ3v) is 3.71. The molecule has 0 unspecified atom stereocenters. The van der Waals surface area contributed by atoms with E-state index in [1.54, 1.807) is 11.3 Å². The van der Waals surface area contributed by atoms with Crippen LogP contribution in [0.1, 0.15) is 38.3 Å². The SMILES string of the molecule is CC1CCC(NCc2cscn2)CC1. The first-order valence-electron chi connectivity index (χ1n) is 5.45. The first-order valence-corrected chi connectivity index (χ1v) is 6.39. The van der Waals surface area contributed by atoms with Gasteiger partial charge in [-0.25, -0.2) is 4.98 Å². The summed E-state index contributed by atoms with van der Waals surface area (Å²) in [6.07, 6.45) is 5.44. The Kier molecular flexibility index (Phi) is 3.54. The first kappa shape index (κ1) is 10.1. The third-order valence-electron chi connectivity index (χ3n) is 3.07. The first-order chi connectivity index (χ1) is 6.84. The zero-order chi connectivity index (χ0) is 9.80. The second-order valence-corrected chi connectivity index (χ2v) is 5.04. The van der Waals surface area contributed by atoms with Gasteiger partial charge in [-0.3, -0.25) is 0 Å². The monoisotopic (exact) mass is 210 g/mol. The van der Waals surface area contributed by atoms with Crippen LogP contribution < -0.4 is 5.32 Å². The fourth-order valence-electron chi connectivity index (χ4n) is 2.04. The van der Waals surface area contributed by atoms with Crippen LogP contribution in [0.15, 0.2) is 10.9 Å². The van der Waals surface area contributed by atoms with E-state index in [4.69, 9.17) is 0 Å². The highest BCUT2D eigenvalue weighted by molar-refractivity contribution is 7.07. The van der Waals surface area contributed by atoms with Crippen LogP contribution in [0.3, 0.4) is 0 Å². The van der Waals surface area contributed by atoms with Crippen LogP contribution in [-0.2, 0) is 6.54 Å². The predicted octanol–water partition coefficient (Wildman–Crippen LogP) is 2.81. The summed E-state index contributed by atoms with van der Waals surface area (Å²) in [5, 5.41) is 5.71. The molecule has 2 nitrogen and oxygen atoms in total. The molecule has 3 heteroatoms. The number of rotatable bonds is 3. The fourth-order valence-corrected chi connectivity index (χ4v) is 2.60. The molecule has 14 heavy (non-hydrogen) atoms. The fraction of sp³-hybridized carbons (Fsp3) is 0.727. The third kappa shape index (κ3) is 2.79. The Hall–Kier alpha value is -0.410. The molecule has 1 saturated carbocycles. The zero-order valence-electron chi connectivity index (χ0n) is 8.70. The van der Waals surface area contributed by atoms with Gasteiger partial charge in [-0.2, -0.15) is 0 Å². The summed E-state index contributed by atoms with van der Waals surface area (Å²) in [6, 6.07) is 0.730. The molecule has 1 fully saturated rings. The summed E-state index contributed by atoms with van der Waals surface area (Å²) in [5.74, 6) is 0.937. The van der Waals surface area contributed by atoms with Gasteiger partial charge in [-0.05, 0) is 31.6 Å². The molecule has 1 heterocycles. The van der Waals surface area contributed by atoms with Gasteiger partial charge in [0, 0.05) is 18.0 Å². The molecule has 1 aromatic rings. The lowest BCUT2D eigenvalue weighted by atomic mass is 9.87. The smallest absolute Gasteiger partial charge is 0.0795 e. The average molecular weight is 210 g/mol. The number of hydrogen-bond acceptors (Lipinski definition) is 3. The number of thiazole rings is 1. The molecule has 1 aliphatic rings. The van der Waals surface area contributed by atoms with Gasteiger partial charge in [0.2, 0.25) is 0 Å². The maximum Gasteiger partial charge on any atom is 0.0795 e. The zero-order valence-corrected chi connectivity index (χ0v) is 9.52. The van der Waals surface area contributed by atoms with E-state index in [1.807, 2.05) is 5.51 Å². The topological polar surface area (TPSA) is 24.9 Å². The van der Waals surface area contributed by atoms with Crippen LogP contribution in [0.25, 0.3) is 0 Å². The molecule has 0 bridgehead atoms. The molecule has 0 spiro atoms. The molecular weight excluding hydrogens is 192 g/mol. The summed E-state index contributed by atoms with van der Waals surface area (Å²) < 4.78 is 0. The quantitative estimate of drug-likeness (QED) is 0.830. The number of aromatic nitrogens is 1. The molecule has 1 aliphatic carbocycles. The van der Waals surface area contributed by atoms with E-state index < -0.39 is 0 Å². The van der Waals surface area contributed by atoms with E-state index in [9.17, 15) is 0 Å². The number of nitrogens with one attached hydrogen (secondary N) is 1. The van der Waals surface area contributed by atoms with Gasteiger partial charge in [-0.1, -0.05) is 6.92 Å². The summed E-state index contributed by atoms with van der Waals surface area (Å²) in [6.45, 7) is 3.30. The van der Waals surface area contributed by atoms with Crippen molar-refractivity contribution in [2.45, 2.75) is 45.2 Å². The van der Waals surface area contributed by atoms with Crippen molar-refractivity contribution in [2.24, 2.45) is 5.92 Å². The predicted molar refractivity (Wildman–Crippen MR) is 60.4 cm³/mol. The van der Waals surface area contributed by atoms with Crippen LogP contribution in [0.4, 0.5) is 0 Å². The van der Waals surface area contributed by atoms with E-state index >= 15 is 0 Å². The Bertz CT molecular complexity index is 250. The minimum Gasteiger partial charge on any atom is -0.308 e. The van der Waals surface area contributed by atoms with Gasteiger partial charge in [0.05, 0.1) is 11.2 Å². The van der Waals surface area contributed by atoms with Gasteiger partial charge >= 0.3 is 0 Å². The lowest BCUT2D eigenvalue weighted by Gasteiger charge is -2.26. The molecule has 1 aromatic heterocycles. The highest BCUT2D eigenvalue weighted by Crippen LogP contribution is 2.23. The Balaban J connectivity index is 1.71. The maximum absolute atomic E-state index is 4.27. The molecule has 0 atom stereocenters. The minimum absolute atomic E-state index is 0.730. The van der Waals surface area contributed by atoms with Crippen molar-refractivity contribution in [3.05, 3.63) is 16.6 Å². The Morgan fingerprint density at radius 1 is 1.43 bits per heavy atom. The normalized spacial score (nSPS) is 27.8. The van der Waals surface area contributed by atoms with Crippen molar-refractivity contribution in [2.75, 3.05) is 0 Å². The lowest BCUT2D eigenvalue weighted by Crippen LogP contribution is -2.32. The average Bonchev–Trinajstić information content (AvgIpc) is 2.70. The van der Waals surface area contributed by atoms with Gasteiger partial charge in [0.15, 0.2) is 0 Å². The van der Waals surface area contributed by atoms with Crippen molar-refractivity contribution >= 4 is 11.3 Å². The summed E-state index contributed by atoms with van der Waals surface area (Å²) in [4.78, 5) is 4.27. The van der Waals surface area contributed by atoms with Crippen molar-refractivity contribution in [1.82, 2.24) is 10.3 Å². The Labute approximate surface area is 89.8 Å². The Morgan fingerprint density at radius 2 is 2.21 bits per heavy atom. The van der Waals surface area contributed by atoms with Crippen LogP contribution in [-0.4, -0.2) is 11.0 Å². The van der Waals surface area contributed by atoms with Crippen molar-refractivity contribution in [3.8, 4) is 0 Å². The van der Waals surface area contributed by atoms with Gasteiger partial charge < -0.3 is 5.32 Å². The summed E-state index contributed by atoms with van der Waals surface area (Å²) in [7, 11) is 0. The van der Waals surface area contributed by atoms with E-state index in [2.05, 4.69) is 22.6 Å². The van der Waals surface area contributed by atoms with E-state index in [0.29, 0.717) is 0 Å². The second-order valence-electron chi connectivity index (χ2n) is 4.32. The van der Waals surface area contributed by atoms with Crippen molar-refractivity contribution in [3.63, 3.8) is 0 Å². The molecule has 0 saturated heterocycles. The van der Waals surface area contributed by atoms with Crippen LogP contribution in [0, 0.1) is 5.92 Å². The highest BCUT2D eigenvalue weighted by atomic mass is 32.1. The molecule has 0 aromatic carbocycles. The van der Waals surface area contributed by atoms with E-state index in [1.165, 1.54) is 31.4 Å². The van der Waals surface area contributed by atoms with Crippen LogP contribution in [0.5, 0.6) is 0 Å². The summed E-state index contributed by atoms with van der Waals surface area (Å²) in [5.41, 5.74) is 3.09. The maximum atomic E-state index is 4.27. The highest BCUT2D eigenvalue weighted by Gasteiger charge is 2.17. The lowest BCUT2D eigenvalue weighted by molar-refractivity contribution is 0.306. The van der Waals surface area contributed by atoms with Crippen LogP contribution >= 0.6 is 11.3 Å². The molecule has 0 amide bonds. The van der Waals surface area contributed by atoms with Crippen molar-refractivity contribution in [1.29, 1.82) is 0 Å². The van der Waals surface area contributed by atoms with Gasteiger partial charge in [0.1, 0.15) is 0 Å². The second kappa shape index (κ2) is 4.89. The van der Waals surface area contributed by atoms with E-state index in [-0.39, 0.29) is 0 Å². The largest absolute Gasteiger partial charge is 0.308 e. The standard InChI is InChI=1S/C11H18N2S/c1-9-2-4-10(5-3-9)12-6-11-7-14-8-13-11/h7-10,12H,2-6H2,1H3. The molecule has 0 radical (unpaired) electrons. The molecule has 0 aliphatic heterocycles. The molecule has 78 valence electrons. The van der Waals surface area contributed by atoms with Crippen LogP contribution in [0.2, 0.25) is 0 Å². The van der Waals surface area contributed by atoms with E-state index in [0.717, 1.165) is 18.5 Å². The van der Waals surface area contributed by atoms with Gasteiger partial charge in [0.25, 0.3) is 0 Å². The molecule has 2 rings (SSSR count). The van der Waals surface area contributed by atoms with Gasteiger partial charge in [-0.15, -0.1) is 11.3 Å².